The number of rotatable bonds is 13. The van der Waals surface area contributed by atoms with Gasteiger partial charge in [0.25, 0.3) is 0 Å². The highest BCUT2D eigenvalue weighted by atomic mass is 16.5. The predicted molar refractivity (Wildman–Crippen MR) is 144 cm³/mol. The van der Waals surface area contributed by atoms with Crippen molar-refractivity contribution in [2.75, 3.05) is 27.9 Å². The average Bonchev–Trinajstić information content (AvgIpc) is 2.94. The second-order valence-corrected chi connectivity index (χ2v) is 8.66. The number of likely N-dealkylation sites (N-methyl/N-ethyl adjacent to an activating group) is 1. The molecule has 0 fully saturated rings. The Morgan fingerprint density at radius 3 is 2.22 bits per heavy atom. The fourth-order valence-electron chi connectivity index (χ4n) is 4.24. The van der Waals surface area contributed by atoms with Gasteiger partial charge in [-0.2, -0.15) is 0 Å². The number of ether oxygens (including phenoxy) is 3. The lowest BCUT2D eigenvalue weighted by molar-refractivity contribution is -0.141. The van der Waals surface area contributed by atoms with E-state index in [0.29, 0.717) is 36.6 Å². The quantitative estimate of drug-likeness (QED) is 0.373. The van der Waals surface area contributed by atoms with Crippen LogP contribution in [0.4, 0.5) is 0 Å². The summed E-state index contributed by atoms with van der Waals surface area (Å²) < 4.78 is 16.1. The molecule has 0 aliphatic carbocycles. The molecule has 0 radical (unpaired) electrons. The van der Waals surface area contributed by atoms with Crippen molar-refractivity contribution in [2.24, 2.45) is 0 Å². The number of carbonyl (C=O) groups excluding carboxylic acids is 2. The summed E-state index contributed by atoms with van der Waals surface area (Å²) in [6.45, 7) is 2.65. The third-order valence-electron chi connectivity index (χ3n) is 6.18. The molecule has 0 saturated carbocycles. The molecule has 37 heavy (non-hydrogen) atoms. The van der Waals surface area contributed by atoms with Crippen LogP contribution < -0.4 is 19.5 Å². The zero-order valence-corrected chi connectivity index (χ0v) is 22.0. The van der Waals surface area contributed by atoms with Crippen LogP contribution in [-0.2, 0) is 29.0 Å². The van der Waals surface area contributed by atoms with Gasteiger partial charge in [-0.3, -0.25) is 9.59 Å². The monoisotopic (exact) mass is 504 g/mol. The first kappa shape index (κ1) is 27.6. The Morgan fingerprint density at radius 2 is 1.54 bits per heavy atom. The van der Waals surface area contributed by atoms with E-state index in [2.05, 4.69) is 5.32 Å². The van der Waals surface area contributed by atoms with Crippen LogP contribution in [0.5, 0.6) is 17.2 Å². The highest BCUT2D eigenvalue weighted by Crippen LogP contribution is 2.28. The smallest absolute Gasteiger partial charge is 0.243 e. The molecule has 1 unspecified atom stereocenters. The molecule has 3 aromatic rings. The fourth-order valence-corrected chi connectivity index (χ4v) is 4.24. The largest absolute Gasteiger partial charge is 0.497 e. The standard InChI is InChI=1S/C30H36N2O5/c1-5-31-30(34)26(19-22-10-7-6-8-11-22)32(21-24-12-9-13-25(18-24)35-2)29(33)17-15-23-14-16-27(36-3)28(20-23)37-4/h6-14,16,18,20,26H,5,15,17,19,21H2,1-4H3,(H,31,34). The summed E-state index contributed by atoms with van der Waals surface area (Å²) in [4.78, 5) is 28.7. The van der Waals surface area contributed by atoms with Crippen LogP contribution in [0.2, 0.25) is 0 Å². The van der Waals surface area contributed by atoms with Crippen molar-refractivity contribution < 1.29 is 23.8 Å². The molecule has 0 saturated heterocycles. The zero-order valence-electron chi connectivity index (χ0n) is 22.0. The number of methoxy groups -OCH3 is 3. The van der Waals surface area contributed by atoms with Gasteiger partial charge in [0, 0.05) is 25.9 Å². The van der Waals surface area contributed by atoms with E-state index in [1.807, 2.05) is 79.7 Å². The lowest BCUT2D eigenvalue weighted by Gasteiger charge is -2.31. The summed E-state index contributed by atoms with van der Waals surface area (Å²) in [5.41, 5.74) is 2.83. The van der Waals surface area contributed by atoms with Crippen molar-refractivity contribution in [3.05, 3.63) is 89.5 Å². The summed E-state index contributed by atoms with van der Waals surface area (Å²) in [6.07, 6.45) is 1.16. The molecule has 2 amide bonds. The molecule has 1 atom stereocenters. The van der Waals surface area contributed by atoms with E-state index in [1.165, 1.54) is 0 Å². The molecule has 0 aliphatic heterocycles. The molecule has 0 spiro atoms. The van der Waals surface area contributed by atoms with Gasteiger partial charge < -0.3 is 24.4 Å². The van der Waals surface area contributed by atoms with Crippen LogP contribution in [0.1, 0.15) is 30.0 Å². The highest BCUT2D eigenvalue weighted by Gasteiger charge is 2.30. The van der Waals surface area contributed by atoms with Gasteiger partial charge in [0.1, 0.15) is 11.8 Å². The molecule has 196 valence electrons. The van der Waals surface area contributed by atoms with Crippen LogP contribution in [0.15, 0.2) is 72.8 Å². The van der Waals surface area contributed by atoms with Gasteiger partial charge in [0.2, 0.25) is 11.8 Å². The zero-order chi connectivity index (χ0) is 26.6. The normalized spacial score (nSPS) is 11.4. The van der Waals surface area contributed by atoms with Gasteiger partial charge in [-0.25, -0.2) is 0 Å². The molecule has 1 N–H and O–H groups in total. The summed E-state index contributed by atoms with van der Waals surface area (Å²) in [6, 6.07) is 22.3. The minimum Gasteiger partial charge on any atom is -0.497 e. The topological polar surface area (TPSA) is 77.1 Å². The summed E-state index contributed by atoms with van der Waals surface area (Å²) in [7, 11) is 4.78. The number of nitrogens with zero attached hydrogens (tertiary/aromatic N) is 1. The number of benzene rings is 3. The fraction of sp³-hybridized carbons (Fsp3) is 0.333. The second-order valence-electron chi connectivity index (χ2n) is 8.66. The third-order valence-corrected chi connectivity index (χ3v) is 6.18. The van der Waals surface area contributed by atoms with E-state index in [4.69, 9.17) is 14.2 Å². The van der Waals surface area contributed by atoms with Crippen molar-refractivity contribution in [1.29, 1.82) is 0 Å². The van der Waals surface area contributed by atoms with E-state index >= 15 is 0 Å². The van der Waals surface area contributed by atoms with E-state index in [1.54, 1.807) is 26.2 Å². The van der Waals surface area contributed by atoms with Crippen LogP contribution in [-0.4, -0.2) is 50.6 Å². The molecular formula is C30H36N2O5. The van der Waals surface area contributed by atoms with Crippen LogP contribution >= 0.6 is 0 Å². The van der Waals surface area contributed by atoms with Crippen LogP contribution in [0.25, 0.3) is 0 Å². The number of aryl methyl sites for hydroxylation is 1. The number of hydrogen-bond acceptors (Lipinski definition) is 5. The van der Waals surface area contributed by atoms with E-state index < -0.39 is 6.04 Å². The molecule has 3 aromatic carbocycles. The summed E-state index contributed by atoms with van der Waals surface area (Å²) >= 11 is 0. The SMILES string of the molecule is CCNC(=O)C(Cc1ccccc1)N(Cc1cccc(OC)c1)C(=O)CCc1ccc(OC)c(OC)c1. The summed E-state index contributed by atoms with van der Waals surface area (Å²) in [5.74, 6) is 1.67. The van der Waals surface area contributed by atoms with Crippen LogP contribution in [0.3, 0.4) is 0 Å². The lowest BCUT2D eigenvalue weighted by atomic mass is 10.0. The van der Waals surface area contributed by atoms with E-state index in [9.17, 15) is 9.59 Å². The first-order valence-corrected chi connectivity index (χ1v) is 12.4. The van der Waals surface area contributed by atoms with Crippen molar-refractivity contribution >= 4 is 11.8 Å². The Labute approximate surface area is 219 Å². The molecular weight excluding hydrogens is 468 g/mol. The Bertz CT molecular complexity index is 1170. The van der Waals surface area contributed by atoms with Crippen molar-refractivity contribution in [1.82, 2.24) is 10.2 Å². The number of hydrogen-bond donors (Lipinski definition) is 1. The molecule has 0 aromatic heterocycles. The minimum absolute atomic E-state index is 0.107. The Hall–Kier alpha value is -4.00. The van der Waals surface area contributed by atoms with Gasteiger partial charge in [0.15, 0.2) is 11.5 Å². The predicted octanol–water partition coefficient (Wildman–Crippen LogP) is 4.42. The first-order chi connectivity index (χ1) is 18.0. The van der Waals surface area contributed by atoms with E-state index in [0.717, 1.165) is 16.7 Å². The Balaban J connectivity index is 1.90. The number of nitrogens with one attached hydrogen (secondary N) is 1. The molecule has 0 bridgehead atoms. The average molecular weight is 505 g/mol. The second kappa shape index (κ2) is 13.9. The first-order valence-electron chi connectivity index (χ1n) is 12.4. The molecule has 3 rings (SSSR count). The Morgan fingerprint density at radius 1 is 0.811 bits per heavy atom. The number of carbonyl (C=O) groups is 2. The van der Waals surface area contributed by atoms with Crippen LogP contribution in [0, 0.1) is 0 Å². The van der Waals surface area contributed by atoms with Crippen molar-refractivity contribution in [2.45, 2.75) is 38.8 Å². The van der Waals surface area contributed by atoms with Gasteiger partial charge in [-0.1, -0.05) is 48.5 Å². The van der Waals surface area contributed by atoms with Gasteiger partial charge in [-0.15, -0.1) is 0 Å². The van der Waals surface area contributed by atoms with Crippen molar-refractivity contribution in [3.63, 3.8) is 0 Å². The molecule has 7 heteroatoms. The maximum atomic E-state index is 13.8. The van der Waals surface area contributed by atoms with Gasteiger partial charge >= 0.3 is 0 Å². The lowest BCUT2D eigenvalue weighted by Crippen LogP contribution is -2.50. The molecule has 0 heterocycles. The molecule has 0 aliphatic rings. The van der Waals surface area contributed by atoms with Crippen molar-refractivity contribution in [3.8, 4) is 17.2 Å². The molecule has 7 nitrogen and oxygen atoms in total. The maximum absolute atomic E-state index is 13.8. The maximum Gasteiger partial charge on any atom is 0.243 e. The summed E-state index contributed by atoms with van der Waals surface area (Å²) in [5, 5.41) is 2.92. The highest BCUT2D eigenvalue weighted by molar-refractivity contribution is 5.88. The van der Waals surface area contributed by atoms with Gasteiger partial charge in [-0.05, 0) is 54.3 Å². The Kier molecular flexibility index (Phi) is 10.4. The third kappa shape index (κ3) is 7.74. The number of amides is 2. The minimum atomic E-state index is -0.661. The van der Waals surface area contributed by atoms with E-state index in [-0.39, 0.29) is 24.8 Å². The van der Waals surface area contributed by atoms with Gasteiger partial charge in [0.05, 0.1) is 21.3 Å².